The summed E-state index contributed by atoms with van der Waals surface area (Å²) in [5, 5.41) is 2.56. The molecule has 27 heavy (non-hydrogen) atoms. The molecule has 0 aromatic carbocycles. The van der Waals surface area contributed by atoms with Gasteiger partial charge in [0.15, 0.2) is 5.69 Å². The molecule has 1 aliphatic rings. The fraction of sp³-hybridized carbons (Fsp3) is 0.762. The van der Waals surface area contributed by atoms with E-state index in [1.54, 1.807) is 12.3 Å². The molecule has 1 aliphatic carbocycles. The zero-order valence-electron chi connectivity index (χ0n) is 16.9. The highest BCUT2D eigenvalue weighted by atomic mass is 32.1. The fourth-order valence-electron chi connectivity index (χ4n) is 3.67. The van der Waals surface area contributed by atoms with Gasteiger partial charge in [-0.3, -0.25) is 4.79 Å². The van der Waals surface area contributed by atoms with Crippen LogP contribution in [0.3, 0.4) is 0 Å². The lowest BCUT2D eigenvalue weighted by Gasteiger charge is -2.34. The molecule has 0 spiro atoms. The highest BCUT2D eigenvalue weighted by Gasteiger charge is 2.26. The van der Waals surface area contributed by atoms with Gasteiger partial charge in [0, 0.05) is 17.8 Å². The SMILES string of the molecule is CCCCCCCC(=O)N(Cc1nc(C(=O)OCC)cs1)C1CCCCC1. The summed E-state index contributed by atoms with van der Waals surface area (Å²) in [5.74, 6) is -0.141. The largest absolute Gasteiger partial charge is 0.461 e. The van der Waals surface area contributed by atoms with Crippen molar-refractivity contribution < 1.29 is 14.3 Å². The van der Waals surface area contributed by atoms with Gasteiger partial charge in [-0.05, 0) is 26.2 Å². The zero-order chi connectivity index (χ0) is 19.5. The number of ether oxygens (including phenoxy) is 1. The lowest BCUT2D eigenvalue weighted by Crippen LogP contribution is -2.40. The second kappa shape index (κ2) is 12.1. The van der Waals surface area contributed by atoms with Gasteiger partial charge >= 0.3 is 5.97 Å². The number of amides is 1. The molecule has 1 heterocycles. The van der Waals surface area contributed by atoms with Crippen molar-refractivity contribution in [3.05, 3.63) is 16.1 Å². The Morgan fingerprint density at radius 2 is 1.89 bits per heavy atom. The Bertz CT molecular complexity index is 582. The van der Waals surface area contributed by atoms with E-state index in [1.807, 2.05) is 4.90 Å². The summed E-state index contributed by atoms with van der Waals surface area (Å²) < 4.78 is 5.02. The Balaban J connectivity index is 1.97. The topological polar surface area (TPSA) is 59.5 Å². The molecule has 5 nitrogen and oxygen atoms in total. The maximum absolute atomic E-state index is 12.9. The maximum atomic E-state index is 12.9. The Hall–Kier alpha value is -1.43. The third-order valence-corrected chi connectivity index (χ3v) is 6.01. The molecule has 1 saturated carbocycles. The van der Waals surface area contributed by atoms with E-state index < -0.39 is 0 Å². The number of aromatic nitrogens is 1. The van der Waals surface area contributed by atoms with Gasteiger partial charge < -0.3 is 9.64 Å². The van der Waals surface area contributed by atoms with Crippen molar-refractivity contribution in [2.24, 2.45) is 0 Å². The predicted molar refractivity (Wildman–Crippen MR) is 109 cm³/mol. The smallest absolute Gasteiger partial charge is 0.357 e. The number of rotatable bonds is 11. The summed E-state index contributed by atoms with van der Waals surface area (Å²) in [7, 11) is 0. The summed E-state index contributed by atoms with van der Waals surface area (Å²) >= 11 is 1.44. The van der Waals surface area contributed by atoms with Crippen LogP contribution in [-0.2, 0) is 16.1 Å². The first-order valence-electron chi connectivity index (χ1n) is 10.6. The van der Waals surface area contributed by atoms with Crippen LogP contribution in [0.5, 0.6) is 0 Å². The molecule has 1 aromatic heterocycles. The molecule has 6 heteroatoms. The molecule has 0 radical (unpaired) electrons. The number of hydrogen-bond donors (Lipinski definition) is 0. The van der Waals surface area contributed by atoms with E-state index in [0.29, 0.717) is 31.3 Å². The number of carbonyl (C=O) groups excluding carboxylic acids is 2. The Kier molecular flexibility index (Phi) is 9.81. The van der Waals surface area contributed by atoms with Gasteiger partial charge in [-0.25, -0.2) is 9.78 Å². The first-order chi connectivity index (χ1) is 13.2. The Morgan fingerprint density at radius 1 is 1.15 bits per heavy atom. The number of nitrogens with zero attached hydrogens (tertiary/aromatic N) is 2. The van der Waals surface area contributed by atoms with E-state index >= 15 is 0 Å². The summed E-state index contributed by atoms with van der Waals surface area (Å²) in [4.78, 5) is 31.2. The molecule has 1 amide bonds. The van der Waals surface area contributed by atoms with Crippen LogP contribution in [0.15, 0.2) is 5.38 Å². The molecule has 0 aliphatic heterocycles. The minimum absolute atomic E-state index is 0.242. The molecule has 1 fully saturated rings. The van der Waals surface area contributed by atoms with E-state index in [0.717, 1.165) is 30.7 Å². The third kappa shape index (κ3) is 7.24. The Morgan fingerprint density at radius 3 is 2.59 bits per heavy atom. The maximum Gasteiger partial charge on any atom is 0.357 e. The molecule has 0 N–H and O–H groups in total. The molecular weight excluding hydrogens is 360 g/mol. The van der Waals surface area contributed by atoms with E-state index in [-0.39, 0.29) is 11.9 Å². The number of esters is 1. The van der Waals surface area contributed by atoms with Crippen molar-refractivity contribution in [3.8, 4) is 0 Å². The van der Waals surface area contributed by atoms with Crippen molar-refractivity contribution >= 4 is 23.2 Å². The molecular formula is C21H34N2O3S. The highest BCUT2D eigenvalue weighted by Crippen LogP contribution is 2.26. The molecule has 0 saturated heterocycles. The van der Waals surface area contributed by atoms with Crippen molar-refractivity contribution in [3.63, 3.8) is 0 Å². The summed E-state index contributed by atoms with van der Waals surface area (Å²) in [5.41, 5.74) is 0.354. The van der Waals surface area contributed by atoms with Gasteiger partial charge in [-0.1, -0.05) is 51.9 Å². The zero-order valence-corrected chi connectivity index (χ0v) is 17.7. The van der Waals surface area contributed by atoms with Crippen LogP contribution in [0, 0.1) is 0 Å². The lowest BCUT2D eigenvalue weighted by molar-refractivity contribution is -0.135. The molecule has 0 bridgehead atoms. The van der Waals surface area contributed by atoms with Gasteiger partial charge in [-0.2, -0.15) is 0 Å². The van der Waals surface area contributed by atoms with Gasteiger partial charge in [0.2, 0.25) is 5.91 Å². The van der Waals surface area contributed by atoms with E-state index in [9.17, 15) is 9.59 Å². The second-order valence-electron chi connectivity index (χ2n) is 7.32. The Labute approximate surface area is 167 Å². The average Bonchev–Trinajstić information content (AvgIpc) is 3.15. The van der Waals surface area contributed by atoms with E-state index in [4.69, 9.17) is 4.74 Å². The molecule has 0 unspecified atom stereocenters. The van der Waals surface area contributed by atoms with Crippen LogP contribution in [0.4, 0.5) is 0 Å². The standard InChI is InChI=1S/C21H34N2O3S/c1-3-5-6-7-11-14-20(24)23(17-12-9-8-10-13-17)15-19-22-18(16-27-19)21(25)26-4-2/h16-17H,3-15H2,1-2H3. The van der Waals surface area contributed by atoms with Crippen molar-refractivity contribution in [2.45, 2.75) is 97.1 Å². The molecule has 2 rings (SSSR count). The summed E-state index contributed by atoms with van der Waals surface area (Å²) in [6.07, 6.45) is 12.2. The van der Waals surface area contributed by atoms with Crippen LogP contribution < -0.4 is 0 Å². The fourth-order valence-corrected chi connectivity index (χ4v) is 4.43. The van der Waals surface area contributed by atoms with Gasteiger partial charge in [0.1, 0.15) is 5.01 Å². The number of hydrogen-bond acceptors (Lipinski definition) is 5. The predicted octanol–water partition coefficient (Wildman–Crippen LogP) is 5.34. The lowest BCUT2D eigenvalue weighted by atomic mass is 9.94. The van der Waals surface area contributed by atoms with Crippen LogP contribution in [-0.4, -0.2) is 34.4 Å². The molecule has 152 valence electrons. The minimum atomic E-state index is -0.383. The van der Waals surface area contributed by atoms with Gasteiger partial charge in [0.05, 0.1) is 13.2 Å². The van der Waals surface area contributed by atoms with Crippen LogP contribution in [0.25, 0.3) is 0 Å². The van der Waals surface area contributed by atoms with Crippen molar-refractivity contribution in [1.29, 1.82) is 0 Å². The average molecular weight is 395 g/mol. The van der Waals surface area contributed by atoms with Crippen LogP contribution in [0.2, 0.25) is 0 Å². The van der Waals surface area contributed by atoms with Crippen molar-refractivity contribution in [2.75, 3.05) is 6.61 Å². The third-order valence-electron chi connectivity index (χ3n) is 5.17. The summed E-state index contributed by atoms with van der Waals surface area (Å²) in [6, 6.07) is 0.317. The second-order valence-corrected chi connectivity index (χ2v) is 8.27. The molecule has 1 aromatic rings. The number of unbranched alkanes of at least 4 members (excludes halogenated alkanes) is 4. The molecule has 0 atom stereocenters. The van der Waals surface area contributed by atoms with Crippen LogP contribution in [0.1, 0.15) is 100.0 Å². The van der Waals surface area contributed by atoms with Gasteiger partial charge in [0.25, 0.3) is 0 Å². The summed E-state index contributed by atoms with van der Waals surface area (Å²) in [6.45, 7) is 4.85. The number of thiazole rings is 1. The normalized spacial score (nSPS) is 14.9. The van der Waals surface area contributed by atoms with Crippen LogP contribution >= 0.6 is 11.3 Å². The first kappa shape index (κ1) is 21.9. The van der Waals surface area contributed by atoms with Crippen molar-refractivity contribution in [1.82, 2.24) is 9.88 Å². The van der Waals surface area contributed by atoms with Gasteiger partial charge in [-0.15, -0.1) is 11.3 Å². The number of carbonyl (C=O) groups is 2. The highest BCUT2D eigenvalue weighted by molar-refractivity contribution is 7.09. The quantitative estimate of drug-likeness (QED) is 0.375. The first-order valence-corrected chi connectivity index (χ1v) is 11.4. The minimum Gasteiger partial charge on any atom is -0.461 e. The monoisotopic (exact) mass is 394 g/mol. The van der Waals surface area contributed by atoms with E-state index in [2.05, 4.69) is 11.9 Å². The van der Waals surface area contributed by atoms with E-state index in [1.165, 1.54) is 49.9 Å².